The van der Waals surface area contributed by atoms with Gasteiger partial charge in [0.15, 0.2) is 0 Å². The molecule has 0 radical (unpaired) electrons. The van der Waals surface area contributed by atoms with Gasteiger partial charge in [-0.1, -0.05) is 15.9 Å². The van der Waals surface area contributed by atoms with E-state index in [1.54, 1.807) is 0 Å². The Balaban J connectivity index is 2.18. The molecule has 3 heteroatoms. The highest BCUT2D eigenvalue weighted by atomic mass is 79.9. The van der Waals surface area contributed by atoms with Crippen LogP contribution in [0.15, 0.2) is 22.7 Å². The zero-order chi connectivity index (χ0) is 10.8. The van der Waals surface area contributed by atoms with Crippen molar-refractivity contribution in [2.75, 3.05) is 26.0 Å². The van der Waals surface area contributed by atoms with Gasteiger partial charge in [0.2, 0.25) is 0 Å². The molecule has 1 unspecified atom stereocenters. The third kappa shape index (κ3) is 2.52. The first-order valence-corrected chi connectivity index (χ1v) is 6.15. The second kappa shape index (κ2) is 4.54. The van der Waals surface area contributed by atoms with E-state index in [1.807, 2.05) is 0 Å². The van der Waals surface area contributed by atoms with Crippen molar-refractivity contribution < 1.29 is 0 Å². The van der Waals surface area contributed by atoms with Gasteiger partial charge in [0.1, 0.15) is 0 Å². The van der Waals surface area contributed by atoms with E-state index in [4.69, 9.17) is 0 Å². The van der Waals surface area contributed by atoms with Gasteiger partial charge in [-0.15, -0.1) is 0 Å². The molecule has 1 aliphatic rings. The number of benzene rings is 1. The minimum absolute atomic E-state index is 0.635. The molecule has 0 bridgehead atoms. The number of rotatable bonds is 1. The molecule has 0 aromatic heterocycles. The van der Waals surface area contributed by atoms with Gasteiger partial charge in [0, 0.05) is 22.7 Å². The van der Waals surface area contributed by atoms with Crippen molar-refractivity contribution >= 4 is 21.6 Å². The average molecular weight is 269 g/mol. The van der Waals surface area contributed by atoms with E-state index in [2.05, 4.69) is 58.4 Å². The van der Waals surface area contributed by atoms with E-state index in [0.717, 1.165) is 13.0 Å². The minimum atomic E-state index is 0.635. The molecule has 2 nitrogen and oxygen atoms in total. The molecule has 1 aromatic rings. The van der Waals surface area contributed by atoms with Crippen LogP contribution in [0.1, 0.15) is 12.0 Å². The summed E-state index contributed by atoms with van der Waals surface area (Å²) in [4.78, 5) is 2.30. The SMILES string of the molecule is CN(C)C1CCc2cc(Br)ccc2NC1. The summed E-state index contributed by atoms with van der Waals surface area (Å²) in [6, 6.07) is 7.12. The number of fused-ring (bicyclic) bond motifs is 1. The molecular formula is C12H17BrN2. The molecule has 1 N–H and O–H groups in total. The van der Waals surface area contributed by atoms with Gasteiger partial charge in [0.25, 0.3) is 0 Å². The maximum atomic E-state index is 3.52. The molecule has 0 amide bonds. The first-order chi connectivity index (χ1) is 7.16. The fourth-order valence-electron chi connectivity index (χ4n) is 2.03. The standard InChI is InChI=1S/C12H17BrN2/c1-15(2)11-5-3-9-7-10(13)4-6-12(9)14-8-11/h4,6-7,11,14H,3,5,8H2,1-2H3. The summed E-state index contributed by atoms with van der Waals surface area (Å²) in [7, 11) is 4.30. The second-order valence-electron chi connectivity index (χ2n) is 4.34. The molecule has 1 aliphatic heterocycles. The number of likely N-dealkylation sites (N-methyl/N-ethyl adjacent to an activating group) is 1. The first-order valence-electron chi connectivity index (χ1n) is 5.35. The van der Waals surface area contributed by atoms with Gasteiger partial charge in [-0.3, -0.25) is 0 Å². The summed E-state index contributed by atoms with van der Waals surface area (Å²) < 4.78 is 1.17. The van der Waals surface area contributed by atoms with E-state index in [0.29, 0.717) is 6.04 Å². The Morgan fingerprint density at radius 1 is 1.40 bits per heavy atom. The summed E-state index contributed by atoms with van der Waals surface area (Å²) >= 11 is 3.52. The Morgan fingerprint density at radius 2 is 2.20 bits per heavy atom. The van der Waals surface area contributed by atoms with E-state index in [1.165, 1.54) is 22.1 Å². The van der Waals surface area contributed by atoms with Crippen LogP contribution in [0.3, 0.4) is 0 Å². The van der Waals surface area contributed by atoms with Crippen LogP contribution in [-0.2, 0) is 6.42 Å². The highest BCUT2D eigenvalue weighted by Crippen LogP contribution is 2.25. The quantitative estimate of drug-likeness (QED) is 0.843. The normalized spacial score (nSPS) is 20.7. The molecule has 0 saturated heterocycles. The molecule has 0 fully saturated rings. The zero-order valence-corrected chi connectivity index (χ0v) is 10.8. The molecule has 0 spiro atoms. The summed E-state index contributed by atoms with van der Waals surface area (Å²) in [5.74, 6) is 0. The lowest BCUT2D eigenvalue weighted by Gasteiger charge is -2.22. The predicted molar refractivity (Wildman–Crippen MR) is 68.4 cm³/mol. The lowest BCUT2D eigenvalue weighted by atomic mass is 10.1. The van der Waals surface area contributed by atoms with Crippen molar-refractivity contribution in [1.29, 1.82) is 0 Å². The summed E-state index contributed by atoms with van der Waals surface area (Å²) in [5.41, 5.74) is 2.72. The van der Waals surface area contributed by atoms with E-state index >= 15 is 0 Å². The smallest absolute Gasteiger partial charge is 0.0374 e. The van der Waals surface area contributed by atoms with E-state index in [9.17, 15) is 0 Å². The van der Waals surface area contributed by atoms with Crippen LogP contribution in [0, 0.1) is 0 Å². The molecule has 0 aliphatic carbocycles. The number of aryl methyl sites for hydroxylation is 1. The van der Waals surface area contributed by atoms with Crippen LogP contribution in [-0.4, -0.2) is 31.6 Å². The molecular weight excluding hydrogens is 252 g/mol. The van der Waals surface area contributed by atoms with Crippen LogP contribution in [0.25, 0.3) is 0 Å². The second-order valence-corrected chi connectivity index (χ2v) is 5.25. The highest BCUT2D eigenvalue weighted by Gasteiger charge is 2.16. The van der Waals surface area contributed by atoms with Gasteiger partial charge in [0.05, 0.1) is 0 Å². The molecule has 15 heavy (non-hydrogen) atoms. The summed E-state index contributed by atoms with van der Waals surface area (Å²) in [5, 5.41) is 3.52. The van der Waals surface area contributed by atoms with Gasteiger partial charge < -0.3 is 10.2 Å². The fraction of sp³-hybridized carbons (Fsp3) is 0.500. The van der Waals surface area contributed by atoms with Gasteiger partial charge >= 0.3 is 0 Å². The molecule has 1 aromatic carbocycles. The van der Waals surface area contributed by atoms with Crippen molar-refractivity contribution in [3.8, 4) is 0 Å². The van der Waals surface area contributed by atoms with Crippen molar-refractivity contribution in [1.82, 2.24) is 4.90 Å². The zero-order valence-electron chi connectivity index (χ0n) is 9.26. The third-order valence-corrected chi connectivity index (χ3v) is 3.57. The van der Waals surface area contributed by atoms with E-state index in [-0.39, 0.29) is 0 Å². The van der Waals surface area contributed by atoms with Crippen LogP contribution >= 0.6 is 15.9 Å². The van der Waals surface area contributed by atoms with Gasteiger partial charge in [-0.2, -0.15) is 0 Å². The predicted octanol–water partition coefficient (Wildman–Crippen LogP) is 2.74. The number of nitrogens with zero attached hydrogens (tertiary/aromatic N) is 1. The van der Waals surface area contributed by atoms with Crippen molar-refractivity contribution in [3.63, 3.8) is 0 Å². The Labute approximate surface area is 99.8 Å². The molecule has 1 atom stereocenters. The molecule has 82 valence electrons. The first kappa shape index (κ1) is 11.0. The maximum Gasteiger partial charge on any atom is 0.0374 e. The molecule has 1 heterocycles. The summed E-state index contributed by atoms with van der Waals surface area (Å²) in [6.07, 6.45) is 2.38. The Bertz CT molecular complexity index is 349. The molecule has 2 rings (SSSR count). The van der Waals surface area contributed by atoms with Crippen molar-refractivity contribution in [2.24, 2.45) is 0 Å². The topological polar surface area (TPSA) is 15.3 Å². The van der Waals surface area contributed by atoms with Crippen molar-refractivity contribution in [3.05, 3.63) is 28.2 Å². The molecule has 0 saturated carbocycles. The Morgan fingerprint density at radius 3 is 2.93 bits per heavy atom. The number of nitrogens with one attached hydrogen (secondary N) is 1. The van der Waals surface area contributed by atoms with Gasteiger partial charge in [-0.25, -0.2) is 0 Å². The largest absolute Gasteiger partial charge is 0.383 e. The minimum Gasteiger partial charge on any atom is -0.383 e. The van der Waals surface area contributed by atoms with Crippen LogP contribution < -0.4 is 5.32 Å². The Hall–Kier alpha value is -0.540. The lowest BCUT2D eigenvalue weighted by Crippen LogP contribution is -2.33. The fourth-order valence-corrected chi connectivity index (χ4v) is 2.44. The average Bonchev–Trinajstić information content (AvgIpc) is 2.39. The van der Waals surface area contributed by atoms with Crippen LogP contribution in [0.2, 0.25) is 0 Å². The van der Waals surface area contributed by atoms with Crippen LogP contribution in [0.4, 0.5) is 5.69 Å². The van der Waals surface area contributed by atoms with Crippen LogP contribution in [0.5, 0.6) is 0 Å². The number of anilines is 1. The third-order valence-electron chi connectivity index (χ3n) is 3.07. The number of hydrogen-bond acceptors (Lipinski definition) is 2. The Kier molecular flexibility index (Phi) is 3.32. The summed E-state index contributed by atoms with van der Waals surface area (Å²) in [6.45, 7) is 1.04. The number of halogens is 1. The van der Waals surface area contributed by atoms with Gasteiger partial charge in [-0.05, 0) is 50.7 Å². The highest BCUT2D eigenvalue weighted by molar-refractivity contribution is 9.10. The maximum absolute atomic E-state index is 3.52. The van der Waals surface area contributed by atoms with Crippen molar-refractivity contribution in [2.45, 2.75) is 18.9 Å². The van der Waals surface area contributed by atoms with E-state index < -0.39 is 0 Å². The lowest BCUT2D eigenvalue weighted by molar-refractivity contribution is 0.293. The number of hydrogen-bond donors (Lipinski definition) is 1. The monoisotopic (exact) mass is 268 g/mol.